The second kappa shape index (κ2) is 19.4. The minimum atomic E-state index is -0.794. The summed E-state index contributed by atoms with van der Waals surface area (Å²) in [5.41, 5.74) is 8.48. The lowest BCUT2D eigenvalue weighted by Gasteiger charge is -2.32. The van der Waals surface area contributed by atoms with Crippen LogP contribution < -0.4 is 15.5 Å². The summed E-state index contributed by atoms with van der Waals surface area (Å²) in [6.07, 6.45) is 0. The molecule has 4 amide bonds. The Morgan fingerprint density at radius 1 is 0.378 bits per heavy atom. The molecule has 0 spiro atoms. The zero-order valence-corrected chi connectivity index (χ0v) is 36.7. The van der Waals surface area contributed by atoms with E-state index in [2.05, 4.69) is 9.47 Å². The van der Waals surface area contributed by atoms with Crippen LogP contribution in [-0.4, -0.2) is 62.3 Å². The largest absolute Gasteiger partial charge is 0.399 e. The van der Waals surface area contributed by atoms with Gasteiger partial charge in [0.2, 0.25) is 0 Å². The number of benzene rings is 7. The van der Waals surface area contributed by atoms with Gasteiger partial charge in [-0.25, -0.2) is 29.0 Å². The summed E-state index contributed by atoms with van der Waals surface area (Å²) in [6.45, 7) is 4.83. The number of rotatable bonds is 5. The predicted octanol–water partition coefficient (Wildman–Crippen LogP) is 9.73. The number of cyclic esters (lactones) is 4. The Hall–Kier alpha value is -10.4. The van der Waals surface area contributed by atoms with E-state index >= 15 is 0 Å². The lowest BCUT2D eigenvalue weighted by Crippen LogP contribution is -2.43. The summed E-state index contributed by atoms with van der Waals surface area (Å²) in [5.74, 6) is -5.98. The summed E-state index contributed by atoms with van der Waals surface area (Å²) >= 11 is 0. The molecule has 4 aliphatic rings. The number of hydrogen-bond acceptors (Lipinski definition) is 17. The summed E-state index contributed by atoms with van der Waals surface area (Å²) in [6, 6.07) is 23.1. The molecule has 7 aromatic carbocycles. The maximum absolute atomic E-state index is 13.6. The van der Waals surface area contributed by atoms with Crippen LogP contribution in [0.25, 0.3) is 21.5 Å². The third-order valence-electron chi connectivity index (χ3n) is 12.0. The number of anilines is 3. The van der Waals surface area contributed by atoms with E-state index in [1.54, 1.807) is 20.8 Å². The second-order valence-electron chi connectivity index (χ2n) is 16.1. The zero-order valence-electron chi connectivity index (χ0n) is 36.7. The van der Waals surface area contributed by atoms with Crippen LogP contribution in [-0.2, 0) is 9.47 Å². The van der Waals surface area contributed by atoms with Crippen molar-refractivity contribution in [1.29, 1.82) is 0 Å². The highest BCUT2D eigenvalue weighted by molar-refractivity contribution is 6.42. The van der Waals surface area contributed by atoms with E-state index in [0.29, 0.717) is 16.8 Å². The van der Waals surface area contributed by atoms with Crippen LogP contribution in [0.4, 0.5) is 34.1 Å². The molecule has 0 unspecified atom stereocenters. The number of carbonyl (C=O) groups excluding carboxylic acids is 8. The van der Waals surface area contributed by atoms with Gasteiger partial charge >= 0.3 is 23.9 Å². The molecule has 7 aromatic rings. The number of non-ortho nitro benzene ring substituents is 3. The first-order valence-corrected chi connectivity index (χ1v) is 20.7. The molecule has 0 saturated heterocycles. The van der Waals surface area contributed by atoms with Gasteiger partial charge in [0.15, 0.2) is 0 Å². The Morgan fingerprint density at radius 2 is 0.622 bits per heavy atom. The van der Waals surface area contributed by atoms with Crippen molar-refractivity contribution in [2.24, 2.45) is 0 Å². The highest BCUT2D eigenvalue weighted by Gasteiger charge is 2.42. The van der Waals surface area contributed by atoms with E-state index in [-0.39, 0.29) is 117 Å². The number of nitrogen functional groups attached to an aromatic ring is 1. The highest BCUT2D eigenvalue weighted by Crippen LogP contribution is 2.42. The minimum Gasteiger partial charge on any atom is -0.399 e. The van der Waals surface area contributed by atoms with E-state index in [1.165, 1.54) is 103 Å². The van der Waals surface area contributed by atoms with Crippen molar-refractivity contribution in [2.45, 2.75) is 43.1 Å². The zero-order chi connectivity index (χ0) is 51.1. The Labute approximate surface area is 417 Å². The maximum Gasteiger partial charge on any atom is 0.346 e. The predicted molar refractivity (Wildman–Crippen MR) is 268 cm³/mol. The van der Waals surface area contributed by atoms with Crippen molar-refractivity contribution in [2.75, 3.05) is 15.5 Å². The molecule has 374 valence electrons. The van der Waals surface area contributed by atoms with Crippen molar-refractivity contribution in [3.05, 3.63) is 195 Å². The van der Waals surface area contributed by atoms with Crippen molar-refractivity contribution in [1.82, 2.24) is 0 Å². The summed E-state index contributed by atoms with van der Waals surface area (Å²) in [7, 11) is 0. The SMILES string of the molecule is C.C.C.Cc1cc([N+](=O)[O-])ccc1N.Cc1cc([N+](=O)[O-])ccc1N1C(=O)c2ccc3c4c(ccc(c24)C1=O)C(=O)N(c1ccc([N+](=O)[O-])cc1C)C3=O.O=C1OC(=O)c2ccc3c4c(ccc1c24)C(=O)OC3=O. The number of hydrogen-bond donors (Lipinski definition) is 1. The molecule has 0 aromatic heterocycles. The molecule has 0 bridgehead atoms. The van der Waals surface area contributed by atoms with Gasteiger partial charge in [0.25, 0.3) is 40.7 Å². The quantitative estimate of drug-likeness (QED) is 0.0418. The Balaban J connectivity index is 0.000000217. The molecule has 22 nitrogen and oxygen atoms in total. The fourth-order valence-corrected chi connectivity index (χ4v) is 8.66. The lowest BCUT2D eigenvalue weighted by molar-refractivity contribution is -0.385. The third kappa shape index (κ3) is 8.36. The summed E-state index contributed by atoms with van der Waals surface area (Å²) < 4.78 is 9.22. The van der Waals surface area contributed by atoms with Gasteiger partial charge in [-0.1, -0.05) is 22.3 Å². The van der Waals surface area contributed by atoms with E-state index in [4.69, 9.17) is 5.73 Å². The molecule has 0 fully saturated rings. The fraction of sp³-hybridized carbons (Fsp3) is 0.115. The maximum atomic E-state index is 13.6. The first-order chi connectivity index (χ1) is 33.7. The Morgan fingerprint density at radius 3 is 0.878 bits per heavy atom. The van der Waals surface area contributed by atoms with E-state index in [1.807, 2.05) is 0 Å². The van der Waals surface area contributed by atoms with Crippen LogP contribution in [0.1, 0.15) is 122 Å². The monoisotopic (exact) mass is 1000 g/mol. The molecule has 4 heterocycles. The van der Waals surface area contributed by atoms with E-state index in [0.717, 1.165) is 15.4 Å². The molecular weight excluding hydrogens is 965 g/mol. The summed E-state index contributed by atoms with van der Waals surface area (Å²) in [5, 5.41) is 33.4. The van der Waals surface area contributed by atoms with Crippen LogP contribution in [0.5, 0.6) is 0 Å². The smallest absolute Gasteiger partial charge is 0.346 e. The number of aryl methyl sites for hydroxylation is 3. The van der Waals surface area contributed by atoms with Gasteiger partial charge in [-0.05, 0) is 104 Å². The normalized spacial score (nSPS) is 13.5. The third-order valence-corrected chi connectivity index (χ3v) is 12.0. The second-order valence-corrected chi connectivity index (χ2v) is 16.1. The number of nitro benzene ring substituents is 3. The number of nitrogens with zero attached hydrogens (tertiary/aromatic N) is 5. The van der Waals surface area contributed by atoms with Gasteiger partial charge in [-0.2, -0.15) is 0 Å². The summed E-state index contributed by atoms with van der Waals surface area (Å²) in [4.78, 5) is 134. The molecule has 74 heavy (non-hydrogen) atoms. The number of carbonyl (C=O) groups is 8. The standard InChI is InChI=1S/C28H16N4O8.C14H4O6.C7H8N2O2.3CH4/c1-13-11-15(31(37)38)3-9-21(13)29-25(33)17-5-7-19-24-20(8-6-18(23(17)24)26(29)34)28(36)30(27(19)35)22-10-4-16(32(39)40)12-14(22)2;15-11-5-1-2-6-10-8(14(18)20-12(6)16)4-3-7(9(5)10)13(17)19-11;1-5-4-6(9(10)11)2-3-7(5)8;;;/h3-12H,1-2H3;1-4H;2-4H,8H2,1H3;3*1H4. The van der Waals surface area contributed by atoms with Crippen LogP contribution in [0.3, 0.4) is 0 Å². The van der Waals surface area contributed by atoms with E-state index in [9.17, 15) is 68.7 Å². The van der Waals surface area contributed by atoms with E-state index < -0.39 is 62.3 Å². The van der Waals surface area contributed by atoms with Crippen molar-refractivity contribution in [3.8, 4) is 0 Å². The molecule has 4 aliphatic heterocycles. The molecule has 0 atom stereocenters. The molecule has 0 saturated carbocycles. The van der Waals surface area contributed by atoms with Gasteiger partial charge in [0.1, 0.15) is 0 Å². The van der Waals surface area contributed by atoms with Crippen LogP contribution in [0.15, 0.2) is 103 Å². The molecule has 22 heteroatoms. The Kier molecular flexibility index (Phi) is 13.9. The van der Waals surface area contributed by atoms with Gasteiger partial charge in [0, 0.05) is 85.9 Å². The van der Waals surface area contributed by atoms with Crippen molar-refractivity contribution < 1.29 is 62.6 Å². The average molecular weight is 1000 g/mol. The average Bonchev–Trinajstić information content (AvgIpc) is 3.33. The first-order valence-electron chi connectivity index (χ1n) is 20.7. The molecule has 0 radical (unpaired) electrons. The van der Waals surface area contributed by atoms with Crippen LogP contribution in [0.2, 0.25) is 0 Å². The van der Waals surface area contributed by atoms with Gasteiger partial charge in [0.05, 0.1) is 48.4 Å². The van der Waals surface area contributed by atoms with Gasteiger partial charge in [-0.3, -0.25) is 49.5 Å². The molecule has 2 N–H and O–H groups in total. The number of nitrogens with two attached hydrogens (primary N) is 1. The number of amides is 4. The minimum absolute atomic E-state index is 0. The number of ether oxygens (including phenoxy) is 2. The molecule has 11 rings (SSSR count). The number of nitro groups is 3. The fourth-order valence-electron chi connectivity index (χ4n) is 8.66. The van der Waals surface area contributed by atoms with Crippen LogP contribution in [0, 0.1) is 51.1 Å². The lowest BCUT2D eigenvalue weighted by atomic mass is 9.85. The highest BCUT2D eigenvalue weighted by atomic mass is 16.6. The van der Waals surface area contributed by atoms with Gasteiger partial charge < -0.3 is 15.2 Å². The van der Waals surface area contributed by atoms with Crippen LogP contribution >= 0.6 is 0 Å². The first kappa shape index (κ1) is 53.0. The van der Waals surface area contributed by atoms with Crippen molar-refractivity contribution >= 4 is 103 Å². The Bertz CT molecular complexity index is 3420. The van der Waals surface area contributed by atoms with Crippen molar-refractivity contribution in [3.63, 3.8) is 0 Å². The topological polar surface area (TPSA) is 317 Å². The molecule has 0 aliphatic carbocycles. The van der Waals surface area contributed by atoms with Gasteiger partial charge in [-0.15, -0.1) is 0 Å². The number of esters is 4. The molecular formula is C52H40N6O16. The number of imide groups is 2.